The highest BCUT2D eigenvalue weighted by Gasteiger charge is 2.37. The molecule has 7 nitrogen and oxygen atoms in total. The Morgan fingerprint density at radius 2 is 1.61 bits per heavy atom. The van der Waals surface area contributed by atoms with Gasteiger partial charge in [-0.15, -0.1) is 0 Å². The van der Waals surface area contributed by atoms with Crippen molar-refractivity contribution in [3.8, 4) is 0 Å². The molecule has 1 N–H and O–H groups in total. The Morgan fingerprint density at radius 3 is 2.00 bits per heavy atom. The lowest BCUT2D eigenvalue weighted by atomic mass is 10.3. The fraction of sp³-hybridized carbons (Fsp3) is 0.100. The predicted molar refractivity (Wildman–Crippen MR) is 60.6 cm³/mol. The first-order chi connectivity index (χ1) is 8.30. The molecule has 1 aliphatic heterocycles. The van der Waals surface area contributed by atoms with Crippen molar-refractivity contribution in [2.24, 2.45) is 0 Å². The molecule has 0 aliphatic carbocycles. The normalized spacial score (nSPS) is 16.1. The Hall–Kier alpha value is -2.22. The Morgan fingerprint density at radius 1 is 1.06 bits per heavy atom. The van der Waals surface area contributed by atoms with E-state index < -0.39 is 27.7 Å². The second kappa shape index (κ2) is 3.91. The average molecular weight is 268 g/mol. The lowest BCUT2D eigenvalue weighted by Crippen LogP contribution is -2.30. The summed E-state index contributed by atoms with van der Waals surface area (Å²) < 4.78 is 22.5. The second-order valence-electron chi connectivity index (χ2n) is 3.67. The van der Waals surface area contributed by atoms with Crippen LogP contribution in [0.1, 0.15) is 0 Å². The molecule has 1 aliphatic rings. The minimum Gasteiger partial charge on any atom is -0.269 e. The van der Waals surface area contributed by atoms with Gasteiger partial charge in [-0.1, -0.05) is 0 Å². The van der Waals surface area contributed by atoms with E-state index in [1.54, 1.807) is 0 Å². The lowest BCUT2D eigenvalue weighted by Gasteiger charge is -2.11. The Labute approximate surface area is 102 Å². The molecule has 18 heavy (non-hydrogen) atoms. The number of hydrogen-bond acceptors (Lipinski definition) is 5. The summed E-state index contributed by atoms with van der Waals surface area (Å²) in [5, 5.41) is 1.84. The van der Waals surface area contributed by atoms with E-state index in [4.69, 9.17) is 0 Å². The van der Waals surface area contributed by atoms with Crippen LogP contribution in [0.2, 0.25) is 0 Å². The molecule has 8 heteroatoms. The van der Waals surface area contributed by atoms with Crippen molar-refractivity contribution < 1.29 is 22.8 Å². The van der Waals surface area contributed by atoms with Crippen molar-refractivity contribution in [3.63, 3.8) is 0 Å². The SMILES string of the molecule is CS(=O)(=O)c1ccc(N2C(=O)NC(=O)C2=O)cc1. The quantitative estimate of drug-likeness (QED) is 0.585. The summed E-state index contributed by atoms with van der Waals surface area (Å²) >= 11 is 0. The molecule has 0 unspecified atom stereocenters. The molecule has 0 bridgehead atoms. The summed E-state index contributed by atoms with van der Waals surface area (Å²) in [7, 11) is -3.35. The number of amides is 4. The van der Waals surface area contributed by atoms with E-state index in [9.17, 15) is 22.8 Å². The van der Waals surface area contributed by atoms with E-state index in [1.807, 2.05) is 5.32 Å². The maximum atomic E-state index is 11.4. The highest BCUT2D eigenvalue weighted by atomic mass is 32.2. The molecule has 0 atom stereocenters. The van der Waals surface area contributed by atoms with Crippen LogP contribution in [0.5, 0.6) is 0 Å². The van der Waals surface area contributed by atoms with Crippen molar-refractivity contribution >= 4 is 33.4 Å². The zero-order chi connectivity index (χ0) is 13.5. The highest BCUT2D eigenvalue weighted by molar-refractivity contribution is 7.90. The fourth-order valence-corrected chi connectivity index (χ4v) is 2.11. The van der Waals surface area contributed by atoms with E-state index in [-0.39, 0.29) is 10.6 Å². The smallest absolute Gasteiger partial charge is 0.269 e. The molecule has 1 fully saturated rings. The van der Waals surface area contributed by atoms with Crippen molar-refractivity contribution in [1.82, 2.24) is 5.32 Å². The summed E-state index contributed by atoms with van der Waals surface area (Å²) in [6.07, 6.45) is 1.04. The summed E-state index contributed by atoms with van der Waals surface area (Å²) in [6, 6.07) is 4.23. The van der Waals surface area contributed by atoms with Gasteiger partial charge in [-0.25, -0.2) is 18.1 Å². The predicted octanol–water partition coefficient (Wildman–Crippen LogP) is -0.327. The highest BCUT2D eigenvalue weighted by Crippen LogP contribution is 2.20. The molecular weight excluding hydrogens is 260 g/mol. The van der Waals surface area contributed by atoms with E-state index in [1.165, 1.54) is 24.3 Å². The van der Waals surface area contributed by atoms with Gasteiger partial charge in [0.25, 0.3) is 0 Å². The van der Waals surface area contributed by atoms with Crippen LogP contribution in [0.3, 0.4) is 0 Å². The lowest BCUT2D eigenvalue weighted by molar-refractivity contribution is -0.134. The monoisotopic (exact) mass is 268 g/mol. The number of carbonyl (C=O) groups is 3. The molecule has 4 amide bonds. The third-order valence-corrected chi connectivity index (χ3v) is 3.47. The number of nitrogens with one attached hydrogen (secondary N) is 1. The van der Waals surface area contributed by atoms with Crippen LogP contribution in [0.25, 0.3) is 0 Å². The first-order valence-electron chi connectivity index (χ1n) is 4.80. The molecule has 0 aromatic heterocycles. The first kappa shape index (κ1) is 12.2. The first-order valence-corrected chi connectivity index (χ1v) is 6.69. The summed E-state index contributed by atoms with van der Waals surface area (Å²) in [5.74, 6) is -2.00. The fourth-order valence-electron chi connectivity index (χ4n) is 1.48. The van der Waals surface area contributed by atoms with Crippen LogP contribution >= 0.6 is 0 Å². The van der Waals surface area contributed by atoms with Gasteiger partial charge in [0.2, 0.25) is 0 Å². The molecule has 1 heterocycles. The Balaban J connectivity index is 2.39. The van der Waals surface area contributed by atoms with Crippen LogP contribution in [0.4, 0.5) is 10.5 Å². The van der Waals surface area contributed by atoms with Crippen LogP contribution in [-0.4, -0.2) is 32.5 Å². The molecule has 1 saturated heterocycles. The number of hydrogen-bond donors (Lipinski definition) is 1. The molecule has 0 radical (unpaired) electrons. The second-order valence-corrected chi connectivity index (χ2v) is 5.68. The molecule has 0 saturated carbocycles. The number of sulfone groups is 1. The summed E-state index contributed by atoms with van der Waals surface area (Å²) in [5.41, 5.74) is 0.135. The van der Waals surface area contributed by atoms with Gasteiger partial charge < -0.3 is 0 Å². The topological polar surface area (TPSA) is 101 Å². The number of nitrogens with zero attached hydrogens (tertiary/aromatic N) is 1. The third-order valence-electron chi connectivity index (χ3n) is 2.34. The largest absolute Gasteiger partial charge is 0.336 e. The van der Waals surface area contributed by atoms with Gasteiger partial charge in [0.15, 0.2) is 9.84 Å². The van der Waals surface area contributed by atoms with Gasteiger partial charge in [-0.05, 0) is 24.3 Å². The van der Waals surface area contributed by atoms with Gasteiger partial charge in [0.1, 0.15) is 0 Å². The Bertz CT molecular complexity index is 647. The van der Waals surface area contributed by atoms with E-state index in [0.717, 1.165) is 6.26 Å². The molecule has 0 spiro atoms. The minimum absolute atomic E-state index is 0.0598. The van der Waals surface area contributed by atoms with Crippen molar-refractivity contribution in [3.05, 3.63) is 24.3 Å². The average Bonchev–Trinajstić information content (AvgIpc) is 2.52. The van der Waals surface area contributed by atoms with E-state index >= 15 is 0 Å². The number of anilines is 1. The van der Waals surface area contributed by atoms with E-state index in [0.29, 0.717) is 4.90 Å². The van der Waals surface area contributed by atoms with Crippen LogP contribution < -0.4 is 10.2 Å². The van der Waals surface area contributed by atoms with E-state index in [2.05, 4.69) is 0 Å². The summed E-state index contributed by atoms with van der Waals surface area (Å²) in [6.45, 7) is 0. The van der Waals surface area contributed by atoms with Gasteiger partial charge in [-0.2, -0.15) is 0 Å². The summed E-state index contributed by atoms with van der Waals surface area (Å²) in [4.78, 5) is 34.4. The molecule has 94 valence electrons. The molecule has 2 rings (SSSR count). The number of benzene rings is 1. The standard InChI is InChI=1S/C10H8N2O5S/c1-18(16,17)7-4-2-6(3-5-7)12-9(14)8(13)11-10(12)15/h2-5H,1H3,(H,11,13,15). The van der Waals surface area contributed by atoms with Gasteiger partial charge in [0.05, 0.1) is 10.6 Å². The Kier molecular flexibility index (Phi) is 2.66. The van der Waals surface area contributed by atoms with Crippen LogP contribution in [0, 0.1) is 0 Å². The van der Waals surface area contributed by atoms with Crippen molar-refractivity contribution in [1.29, 1.82) is 0 Å². The van der Waals surface area contributed by atoms with Crippen molar-refractivity contribution in [2.45, 2.75) is 4.90 Å². The number of rotatable bonds is 2. The molecule has 1 aromatic carbocycles. The van der Waals surface area contributed by atoms with Gasteiger partial charge >= 0.3 is 17.8 Å². The minimum atomic E-state index is -3.35. The third kappa shape index (κ3) is 1.97. The number of urea groups is 1. The zero-order valence-electron chi connectivity index (χ0n) is 9.21. The molecule has 1 aromatic rings. The number of imide groups is 2. The van der Waals surface area contributed by atoms with Gasteiger partial charge in [-0.3, -0.25) is 14.9 Å². The maximum absolute atomic E-state index is 11.4. The van der Waals surface area contributed by atoms with Gasteiger partial charge in [0, 0.05) is 6.26 Å². The van der Waals surface area contributed by atoms with Crippen LogP contribution in [0.15, 0.2) is 29.2 Å². The maximum Gasteiger partial charge on any atom is 0.336 e. The van der Waals surface area contributed by atoms with Crippen LogP contribution in [-0.2, 0) is 19.4 Å². The zero-order valence-corrected chi connectivity index (χ0v) is 10.0. The molecular formula is C10H8N2O5S. The van der Waals surface area contributed by atoms with Crippen molar-refractivity contribution in [2.75, 3.05) is 11.2 Å². The number of carbonyl (C=O) groups excluding carboxylic acids is 3.